The van der Waals surface area contributed by atoms with Crippen LogP contribution < -0.4 is 5.73 Å². The van der Waals surface area contributed by atoms with Crippen molar-refractivity contribution in [3.8, 4) is 0 Å². The number of likely N-dealkylation sites (tertiary alicyclic amines) is 1. The normalized spacial score (nSPS) is 20.4. The van der Waals surface area contributed by atoms with Crippen LogP contribution in [0, 0.1) is 0 Å². The molecule has 1 atom stereocenters. The third-order valence-corrected chi connectivity index (χ3v) is 3.11. The molecule has 1 aromatic rings. The predicted molar refractivity (Wildman–Crippen MR) is 61.0 cm³/mol. The smallest absolute Gasteiger partial charge is 0.257 e. The summed E-state index contributed by atoms with van der Waals surface area (Å²) in [6.07, 6.45) is 5.51. The lowest BCUT2D eigenvalue weighted by molar-refractivity contribution is 0.0741. The van der Waals surface area contributed by atoms with Crippen LogP contribution >= 0.6 is 0 Å². The quantitative estimate of drug-likeness (QED) is 0.808. The van der Waals surface area contributed by atoms with Crippen LogP contribution in [-0.4, -0.2) is 39.7 Å². The van der Waals surface area contributed by atoms with Gasteiger partial charge in [-0.3, -0.25) is 9.48 Å². The molecule has 0 bridgehead atoms. The molecule has 1 aliphatic rings. The Bertz CT molecular complexity index is 374. The van der Waals surface area contributed by atoms with Gasteiger partial charge in [-0.2, -0.15) is 5.10 Å². The molecular formula is C11H18N4O. The van der Waals surface area contributed by atoms with E-state index in [1.54, 1.807) is 17.1 Å². The Kier molecular flexibility index (Phi) is 3.24. The van der Waals surface area contributed by atoms with Crippen LogP contribution in [0.3, 0.4) is 0 Å². The monoisotopic (exact) mass is 222 g/mol. The van der Waals surface area contributed by atoms with Crippen LogP contribution in [0.5, 0.6) is 0 Å². The number of rotatable bonds is 3. The summed E-state index contributed by atoms with van der Waals surface area (Å²) < 4.78 is 1.76. The topological polar surface area (TPSA) is 64.2 Å². The predicted octanol–water partition coefficient (Wildman–Crippen LogP) is 0.466. The van der Waals surface area contributed by atoms with Crippen molar-refractivity contribution in [2.75, 3.05) is 13.1 Å². The van der Waals surface area contributed by atoms with Crippen LogP contribution in [0.2, 0.25) is 0 Å². The molecule has 16 heavy (non-hydrogen) atoms. The van der Waals surface area contributed by atoms with E-state index in [1.807, 2.05) is 11.8 Å². The molecule has 0 spiro atoms. The molecule has 1 unspecified atom stereocenters. The lowest BCUT2D eigenvalue weighted by atomic mass is 10.2. The second-order valence-electron chi connectivity index (χ2n) is 4.12. The fraction of sp³-hybridized carbons (Fsp3) is 0.636. The zero-order chi connectivity index (χ0) is 11.5. The lowest BCUT2D eigenvalue weighted by Crippen LogP contribution is -2.39. The molecule has 5 nitrogen and oxygen atoms in total. The van der Waals surface area contributed by atoms with Crippen molar-refractivity contribution in [1.29, 1.82) is 0 Å². The van der Waals surface area contributed by atoms with Gasteiger partial charge in [-0.05, 0) is 19.8 Å². The summed E-state index contributed by atoms with van der Waals surface area (Å²) in [5, 5.41) is 4.12. The molecule has 0 aliphatic carbocycles. The van der Waals surface area contributed by atoms with Gasteiger partial charge in [-0.15, -0.1) is 0 Å². The fourth-order valence-corrected chi connectivity index (χ4v) is 2.16. The van der Waals surface area contributed by atoms with Crippen molar-refractivity contribution in [2.24, 2.45) is 5.73 Å². The summed E-state index contributed by atoms with van der Waals surface area (Å²) in [6, 6.07) is 0.206. The summed E-state index contributed by atoms with van der Waals surface area (Å²) in [5.74, 6) is 0.0626. The largest absolute Gasteiger partial charge is 0.334 e. The molecule has 2 N–H and O–H groups in total. The molecule has 1 aliphatic heterocycles. The summed E-state index contributed by atoms with van der Waals surface area (Å²) in [5.41, 5.74) is 6.33. The number of nitrogens with two attached hydrogens (primary N) is 1. The Morgan fingerprint density at radius 2 is 2.50 bits per heavy atom. The minimum atomic E-state index is 0.0626. The summed E-state index contributed by atoms with van der Waals surface area (Å²) >= 11 is 0. The second-order valence-corrected chi connectivity index (χ2v) is 4.12. The zero-order valence-corrected chi connectivity index (χ0v) is 9.59. The van der Waals surface area contributed by atoms with Gasteiger partial charge in [-0.1, -0.05) is 0 Å². The van der Waals surface area contributed by atoms with Gasteiger partial charge in [0.05, 0.1) is 11.8 Å². The molecule has 1 aromatic heterocycles. The van der Waals surface area contributed by atoms with Gasteiger partial charge in [0.1, 0.15) is 0 Å². The van der Waals surface area contributed by atoms with Gasteiger partial charge in [0.15, 0.2) is 0 Å². The molecule has 5 heteroatoms. The van der Waals surface area contributed by atoms with Crippen LogP contribution in [-0.2, 0) is 6.54 Å². The van der Waals surface area contributed by atoms with Crippen molar-refractivity contribution in [1.82, 2.24) is 14.7 Å². The van der Waals surface area contributed by atoms with Crippen molar-refractivity contribution in [2.45, 2.75) is 32.4 Å². The fourth-order valence-electron chi connectivity index (χ4n) is 2.16. The lowest BCUT2D eigenvalue weighted by Gasteiger charge is -2.22. The second kappa shape index (κ2) is 4.65. The maximum Gasteiger partial charge on any atom is 0.257 e. The van der Waals surface area contributed by atoms with E-state index in [4.69, 9.17) is 5.73 Å². The molecule has 1 fully saturated rings. The Morgan fingerprint density at radius 1 is 1.69 bits per heavy atom. The van der Waals surface area contributed by atoms with E-state index in [1.165, 1.54) is 0 Å². The molecule has 1 saturated heterocycles. The molecule has 2 rings (SSSR count). The molecule has 0 radical (unpaired) electrons. The van der Waals surface area contributed by atoms with Crippen molar-refractivity contribution < 1.29 is 4.79 Å². The van der Waals surface area contributed by atoms with E-state index < -0.39 is 0 Å². The standard InChI is InChI=1S/C11H18N4O/c1-2-14-8-9(7-13-14)11(16)15-5-3-4-10(15)6-12/h7-8,10H,2-6,12H2,1H3. The number of aryl methyl sites for hydroxylation is 1. The maximum absolute atomic E-state index is 12.2. The maximum atomic E-state index is 12.2. The highest BCUT2D eigenvalue weighted by molar-refractivity contribution is 5.94. The van der Waals surface area contributed by atoms with E-state index in [0.717, 1.165) is 25.9 Å². The number of carbonyl (C=O) groups is 1. The van der Waals surface area contributed by atoms with Gasteiger partial charge >= 0.3 is 0 Å². The van der Waals surface area contributed by atoms with E-state index in [2.05, 4.69) is 5.10 Å². The Morgan fingerprint density at radius 3 is 3.12 bits per heavy atom. The van der Waals surface area contributed by atoms with E-state index >= 15 is 0 Å². The first-order chi connectivity index (χ1) is 7.76. The third kappa shape index (κ3) is 1.95. The SMILES string of the molecule is CCn1cc(C(=O)N2CCCC2CN)cn1. The number of hydrogen-bond donors (Lipinski definition) is 1. The number of hydrogen-bond acceptors (Lipinski definition) is 3. The summed E-state index contributed by atoms with van der Waals surface area (Å²) in [4.78, 5) is 14.0. The zero-order valence-electron chi connectivity index (χ0n) is 9.59. The van der Waals surface area contributed by atoms with Gasteiger partial charge in [-0.25, -0.2) is 0 Å². The Labute approximate surface area is 95.2 Å². The minimum Gasteiger partial charge on any atom is -0.334 e. The first kappa shape index (κ1) is 11.1. The highest BCUT2D eigenvalue weighted by Gasteiger charge is 2.28. The summed E-state index contributed by atoms with van der Waals surface area (Å²) in [7, 11) is 0. The molecule has 0 aromatic carbocycles. The number of amides is 1. The van der Waals surface area contributed by atoms with Gasteiger partial charge in [0.2, 0.25) is 0 Å². The van der Waals surface area contributed by atoms with E-state index in [-0.39, 0.29) is 11.9 Å². The molecule has 88 valence electrons. The third-order valence-electron chi connectivity index (χ3n) is 3.11. The Hall–Kier alpha value is -1.36. The van der Waals surface area contributed by atoms with E-state index in [0.29, 0.717) is 12.1 Å². The molecule has 0 saturated carbocycles. The average molecular weight is 222 g/mol. The van der Waals surface area contributed by atoms with Gasteiger partial charge in [0.25, 0.3) is 5.91 Å². The highest BCUT2D eigenvalue weighted by Crippen LogP contribution is 2.18. The number of aromatic nitrogens is 2. The first-order valence-electron chi connectivity index (χ1n) is 5.79. The van der Waals surface area contributed by atoms with E-state index in [9.17, 15) is 4.79 Å². The Balaban J connectivity index is 2.12. The van der Waals surface area contributed by atoms with Crippen molar-refractivity contribution >= 4 is 5.91 Å². The molecular weight excluding hydrogens is 204 g/mol. The van der Waals surface area contributed by atoms with Crippen LogP contribution in [0.1, 0.15) is 30.1 Å². The van der Waals surface area contributed by atoms with Gasteiger partial charge < -0.3 is 10.6 Å². The highest BCUT2D eigenvalue weighted by atomic mass is 16.2. The van der Waals surface area contributed by atoms with Crippen LogP contribution in [0.25, 0.3) is 0 Å². The van der Waals surface area contributed by atoms with Crippen LogP contribution in [0.4, 0.5) is 0 Å². The first-order valence-corrected chi connectivity index (χ1v) is 5.79. The summed E-state index contributed by atoms with van der Waals surface area (Å²) in [6.45, 7) is 4.15. The minimum absolute atomic E-state index is 0.0626. The van der Waals surface area contributed by atoms with Crippen molar-refractivity contribution in [3.63, 3.8) is 0 Å². The average Bonchev–Trinajstić information content (AvgIpc) is 2.96. The molecule has 2 heterocycles. The van der Waals surface area contributed by atoms with Crippen LogP contribution in [0.15, 0.2) is 12.4 Å². The van der Waals surface area contributed by atoms with Crippen molar-refractivity contribution in [3.05, 3.63) is 18.0 Å². The number of carbonyl (C=O) groups excluding carboxylic acids is 1. The number of nitrogens with zero attached hydrogens (tertiary/aromatic N) is 3. The molecule has 1 amide bonds. The van der Waals surface area contributed by atoms with Gasteiger partial charge in [0, 0.05) is 31.9 Å².